The first-order valence-electron chi connectivity index (χ1n) is 12.9. The molecule has 9 N–H and O–H groups in total. The Morgan fingerprint density at radius 3 is 2.42 bits per heavy atom. The molecule has 1 aromatic carbocycles. The molecule has 14 heteroatoms. The molecule has 0 radical (unpaired) electrons. The molecule has 1 fully saturated rings. The number of para-hydroxylation sites is 1. The van der Waals surface area contributed by atoms with Crippen molar-refractivity contribution >= 4 is 46.5 Å². The molecule has 0 saturated carbocycles. The predicted molar refractivity (Wildman–Crippen MR) is 142 cm³/mol. The molecule has 0 bridgehead atoms. The Morgan fingerprint density at radius 1 is 1.02 bits per heavy atom. The fourth-order valence-electron chi connectivity index (χ4n) is 4.72. The van der Waals surface area contributed by atoms with Gasteiger partial charge >= 0.3 is 11.9 Å². The number of carbonyl (C=O) groups excluding carboxylic acids is 4. The zero-order valence-corrected chi connectivity index (χ0v) is 21.8. The van der Waals surface area contributed by atoms with E-state index in [1.165, 1.54) is 4.90 Å². The summed E-state index contributed by atoms with van der Waals surface area (Å²) >= 11 is 0. The average Bonchev–Trinajstić information content (AvgIpc) is 3.56. The molecule has 4 unspecified atom stereocenters. The number of likely N-dealkylation sites (tertiary alicyclic amines) is 1. The van der Waals surface area contributed by atoms with E-state index in [0.717, 1.165) is 10.9 Å². The third kappa shape index (κ3) is 7.79. The maximum Gasteiger partial charge on any atom is 0.326 e. The summed E-state index contributed by atoms with van der Waals surface area (Å²) in [6.07, 6.45) is 1.50. The lowest BCUT2D eigenvalue weighted by atomic mass is 10.0. The number of aliphatic carboxylic acids is 2. The SMILES string of the molecule is NC(=O)CCC(NC(=O)C(N)CCC(=O)O)C(=O)N1CCCC1C(=O)NC(Cc1c[nH]c2ccccc12)C(=O)O. The highest BCUT2D eigenvalue weighted by molar-refractivity contribution is 5.95. The van der Waals surface area contributed by atoms with Gasteiger partial charge in [0.25, 0.3) is 0 Å². The van der Waals surface area contributed by atoms with Crippen molar-refractivity contribution in [3.8, 4) is 0 Å². The van der Waals surface area contributed by atoms with Gasteiger partial charge in [0.2, 0.25) is 23.6 Å². The number of primary amides is 1. The minimum atomic E-state index is -1.26. The number of fused-ring (bicyclic) bond motifs is 1. The number of carboxylic acid groups (broad SMARTS) is 2. The summed E-state index contributed by atoms with van der Waals surface area (Å²) in [7, 11) is 0. The summed E-state index contributed by atoms with van der Waals surface area (Å²) in [5.74, 6) is -5.18. The van der Waals surface area contributed by atoms with Crippen LogP contribution >= 0.6 is 0 Å². The highest BCUT2D eigenvalue weighted by atomic mass is 16.4. The van der Waals surface area contributed by atoms with E-state index < -0.39 is 59.7 Å². The minimum Gasteiger partial charge on any atom is -0.481 e. The summed E-state index contributed by atoms with van der Waals surface area (Å²) in [4.78, 5) is 77.7. The van der Waals surface area contributed by atoms with Gasteiger partial charge in [0.15, 0.2) is 0 Å². The Labute approximate surface area is 229 Å². The van der Waals surface area contributed by atoms with Gasteiger partial charge in [-0.3, -0.25) is 24.0 Å². The second kappa shape index (κ2) is 13.6. The summed E-state index contributed by atoms with van der Waals surface area (Å²) in [6.45, 7) is 0.172. The Balaban J connectivity index is 1.71. The van der Waals surface area contributed by atoms with Gasteiger partial charge in [-0.2, -0.15) is 0 Å². The number of rotatable bonds is 14. The first-order chi connectivity index (χ1) is 19.0. The third-order valence-corrected chi connectivity index (χ3v) is 6.85. The van der Waals surface area contributed by atoms with Crippen LogP contribution in [0.15, 0.2) is 30.5 Å². The quantitative estimate of drug-likeness (QED) is 0.154. The molecule has 40 heavy (non-hydrogen) atoms. The van der Waals surface area contributed by atoms with Gasteiger partial charge in [-0.25, -0.2) is 4.79 Å². The third-order valence-electron chi connectivity index (χ3n) is 6.85. The molecule has 14 nitrogen and oxygen atoms in total. The fraction of sp³-hybridized carbons (Fsp3) is 0.462. The Hall–Kier alpha value is -4.46. The summed E-state index contributed by atoms with van der Waals surface area (Å²) in [6, 6.07) is 2.64. The maximum atomic E-state index is 13.4. The summed E-state index contributed by atoms with van der Waals surface area (Å²) in [5.41, 5.74) is 12.5. The number of aromatic amines is 1. The van der Waals surface area contributed by atoms with Crippen molar-refractivity contribution in [2.75, 3.05) is 6.54 Å². The number of nitrogens with two attached hydrogens (primary N) is 2. The van der Waals surface area contributed by atoms with Crippen LogP contribution in [0.1, 0.15) is 44.1 Å². The van der Waals surface area contributed by atoms with E-state index in [9.17, 15) is 33.9 Å². The second-order valence-corrected chi connectivity index (χ2v) is 9.76. The lowest BCUT2D eigenvalue weighted by molar-refractivity contribution is -0.145. The van der Waals surface area contributed by atoms with Gasteiger partial charge in [0.1, 0.15) is 18.1 Å². The molecule has 1 aliphatic rings. The number of amides is 4. The molecule has 0 aliphatic carbocycles. The van der Waals surface area contributed by atoms with Gasteiger partial charge in [-0.1, -0.05) is 18.2 Å². The number of H-pyrrole nitrogens is 1. The molecule has 1 aliphatic heterocycles. The molecule has 4 amide bonds. The lowest BCUT2D eigenvalue weighted by Crippen LogP contribution is -2.57. The molecule has 216 valence electrons. The number of hydrogen-bond donors (Lipinski definition) is 7. The fourth-order valence-corrected chi connectivity index (χ4v) is 4.72. The van der Waals surface area contributed by atoms with Gasteiger partial charge in [0.05, 0.1) is 6.04 Å². The highest BCUT2D eigenvalue weighted by Crippen LogP contribution is 2.22. The average molecular weight is 559 g/mol. The van der Waals surface area contributed by atoms with Crippen LogP contribution in [-0.4, -0.2) is 86.4 Å². The van der Waals surface area contributed by atoms with Crippen LogP contribution in [0.25, 0.3) is 10.9 Å². The van der Waals surface area contributed by atoms with Gasteiger partial charge in [-0.15, -0.1) is 0 Å². The van der Waals surface area contributed by atoms with Crippen molar-refractivity contribution in [2.45, 2.75) is 69.1 Å². The van der Waals surface area contributed by atoms with E-state index >= 15 is 0 Å². The van der Waals surface area contributed by atoms with Gasteiger partial charge in [0, 0.05) is 42.9 Å². The Bertz CT molecular complexity index is 1280. The lowest BCUT2D eigenvalue weighted by Gasteiger charge is -2.30. The number of nitrogens with zero attached hydrogens (tertiary/aromatic N) is 1. The number of nitrogens with one attached hydrogen (secondary N) is 3. The summed E-state index contributed by atoms with van der Waals surface area (Å²) < 4.78 is 0. The molecule has 4 atom stereocenters. The topological polar surface area (TPSA) is 238 Å². The second-order valence-electron chi connectivity index (χ2n) is 9.76. The Kier molecular flexibility index (Phi) is 10.2. The van der Waals surface area contributed by atoms with Crippen LogP contribution in [0, 0.1) is 0 Å². The maximum absolute atomic E-state index is 13.4. The van der Waals surface area contributed by atoms with E-state index in [2.05, 4.69) is 15.6 Å². The number of carboxylic acids is 2. The zero-order chi connectivity index (χ0) is 29.4. The molecular formula is C26H34N6O8. The van der Waals surface area contributed by atoms with E-state index in [0.29, 0.717) is 12.0 Å². The van der Waals surface area contributed by atoms with Crippen LogP contribution < -0.4 is 22.1 Å². The zero-order valence-electron chi connectivity index (χ0n) is 21.8. The van der Waals surface area contributed by atoms with Crippen LogP contribution in [0.4, 0.5) is 0 Å². The molecule has 2 heterocycles. The first-order valence-corrected chi connectivity index (χ1v) is 12.9. The number of hydrogen-bond acceptors (Lipinski definition) is 7. The van der Waals surface area contributed by atoms with Crippen molar-refractivity contribution < 1.29 is 39.0 Å². The molecule has 1 aromatic heterocycles. The van der Waals surface area contributed by atoms with Crippen molar-refractivity contribution in [1.29, 1.82) is 0 Å². The van der Waals surface area contributed by atoms with Crippen molar-refractivity contribution in [3.05, 3.63) is 36.0 Å². The Morgan fingerprint density at radius 2 is 1.75 bits per heavy atom. The van der Waals surface area contributed by atoms with Gasteiger partial charge < -0.3 is 42.2 Å². The smallest absolute Gasteiger partial charge is 0.326 e. The van der Waals surface area contributed by atoms with Crippen LogP contribution in [0.3, 0.4) is 0 Å². The van der Waals surface area contributed by atoms with Crippen LogP contribution in [-0.2, 0) is 35.2 Å². The van der Waals surface area contributed by atoms with E-state index in [1.807, 2.05) is 24.3 Å². The normalized spacial score (nSPS) is 17.1. The van der Waals surface area contributed by atoms with E-state index in [1.54, 1.807) is 6.20 Å². The number of benzene rings is 1. The highest BCUT2D eigenvalue weighted by Gasteiger charge is 2.39. The monoisotopic (exact) mass is 558 g/mol. The number of carbonyl (C=O) groups is 6. The molecule has 3 rings (SSSR count). The van der Waals surface area contributed by atoms with Crippen molar-refractivity contribution in [1.82, 2.24) is 20.5 Å². The van der Waals surface area contributed by atoms with Crippen LogP contribution in [0.2, 0.25) is 0 Å². The van der Waals surface area contributed by atoms with E-state index in [4.69, 9.17) is 16.6 Å². The van der Waals surface area contributed by atoms with Crippen molar-refractivity contribution in [2.24, 2.45) is 11.5 Å². The predicted octanol–water partition coefficient (Wildman–Crippen LogP) is -0.787. The molecular weight excluding hydrogens is 524 g/mol. The molecule has 0 spiro atoms. The van der Waals surface area contributed by atoms with Crippen molar-refractivity contribution in [3.63, 3.8) is 0 Å². The van der Waals surface area contributed by atoms with Gasteiger partial charge in [-0.05, 0) is 37.3 Å². The molecule has 2 aromatic rings. The number of aromatic nitrogens is 1. The largest absolute Gasteiger partial charge is 0.481 e. The van der Waals surface area contributed by atoms with E-state index in [-0.39, 0.29) is 45.1 Å². The standard InChI is InChI=1S/C26H34N6O8/c27-16(7-10-22(34)35)23(36)30-18(8-9-21(28)33)25(38)32-11-3-6-20(32)24(37)31-19(26(39)40)12-14-13-29-17-5-2-1-4-15(14)17/h1-2,4-5,13,16,18-20,29H,3,6-12,27H2,(H2,28,33)(H,30,36)(H,31,37)(H,34,35)(H,39,40). The first kappa shape index (κ1) is 30.1. The summed E-state index contributed by atoms with van der Waals surface area (Å²) in [5, 5.41) is 24.4. The minimum absolute atomic E-state index is 0.0112. The molecule has 1 saturated heterocycles. The van der Waals surface area contributed by atoms with Crippen LogP contribution in [0.5, 0.6) is 0 Å².